The smallest absolute Gasteiger partial charge is 0.101 e. The van der Waals surface area contributed by atoms with E-state index in [-0.39, 0.29) is 5.60 Å². The van der Waals surface area contributed by atoms with Crippen LogP contribution in [-0.2, 0) is 15.1 Å². The lowest BCUT2D eigenvalue weighted by Gasteiger charge is -2.29. The van der Waals surface area contributed by atoms with Crippen LogP contribution in [0.3, 0.4) is 0 Å². The van der Waals surface area contributed by atoms with Crippen molar-refractivity contribution < 1.29 is 9.47 Å². The van der Waals surface area contributed by atoms with Gasteiger partial charge in [0.15, 0.2) is 0 Å². The van der Waals surface area contributed by atoms with Crippen molar-refractivity contribution in [3.63, 3.8) is 0 Å². The third kappa shape index (κ3) is 5.54. The first-order valence-corrected chi connectivity index (χ1v) is 8.43. The van der Waals surface area contributed by atoms with E-state index >= 15 is 0 Å². The lowest BCUT2D eigenvalue weighted by molar-refractivity contribution is -0.0489. The van der Waals surface area contributed by atoms with Crippen molar-refractivity contribution in [1.82, 2.24) is 0 Å². The van der Waals surface area contributed by atoms with E-state index in [9.17, 15) is 0 Å². The van der Waals surface area contributed by atoms with Crippen LogP contribution in [0.4, 0.5) is 0 Å². The number of rotatable bonds is 8. The second-order valence-electron chi connectivity index (χ2n) is 5.16. The molecule has 1 rings (SSSR count). The van der Waals surface area contributed by atoms with Crippen molar-refractivity contribution in [2.24, 2.45) is 5.92 Å². The Morgan fingerprint density at radius 2 is 1.89 bits per heavy atom. The second kappa shape index (κ2) is 8.40. The minimum absolute atomic E-state index is 0.346. The predicted molar refractivity (Wildman–Crippen MR) is 86.9 cm³/mol. The maximum absolute atomic E-state index is 6.03. The summed E-state index contributed by atoms with van der Waals surface area (Å²) < 4.78 is 12.6. The summed E-state index contributed by atoms with van der Waals surface area (Å²) in [6.07, 6.45) is 0. The summed E-state index contributed by atoms with van der Waals surface area (Å²) in [6.45, 7) is 8.38. The van der Waals surface area contributed by atoms with E-state index in [0.717, 1.165) is 22.0 Å². The summed E-state index contributed by atoms with van der Waals surface area (Å²) in [4.78, 5) is 0. The molecule has 0 radical (unpaired) electrons. The van der Waals surface area contributed by atoms with Gasteiger partial charge in [0, 0.05) is 16.4 Å². The van der Waals surface area contributed by atoms with Gasteiger partial charge in [-0.3, -0.25) is 0 Å². The zero-order chi connectivity index (χ0) is 14.3. The van der Waals surface area contributed by atoms with E-state index in [1.54, 1.807) is 0 Å². The molecule has 0 aliphatic carbocycles. The molecule has 0 spiro atoms. The molecule has 0 fully saturated rings. The number of hydrogen-bond acceptors (Lipinski definition) is 2. The van der Waals surface area contributed by atoms with Gasteiger partial charge in [-0.2, -0.15) is 0 Å². The summed E-state index contributed by atoms with van der Waals surface area (Å²) in [5, 5.41) is 0.743. The minimum atomic E-state index is -0.346. The topological polar surface area (TPSA) is 18.5 Å². The van der Waals surface area contributed by atoms with E-state index in [0.29, 0.717) is 19.1 Å². The molecule has 1 atom stereocenters. The van der Waals surface area contributed by atoms with Gasteiger partial charge in [0.25, 0.3) is 0 Å². The molecule has 4 heteroatoms. The first kappa shape index (κ1) is 17.2. The van der Waals surface area contributed by atoms with Crippen LogP contribution < -0.4 is 0 Å². The fourth-order valence-corrected chi connectivity index (χ4v) is 2.89. The maximum atomic E-state index is 6.03. The Kier molecular flexibility index (Phi) is 7.58. The molecule has 1 aromatic carbocycles. The van der Waals surface area contributed by atoms with Crippen LogP contribution in [0.2, 0.25) is 0 Å². The van der Waals surface area contributed by atoms with Gasteiger partial charge in [-0.1, -0.05) is 63.9 Å². The van der Waals surface area contributed by atoms with Gasteiger partial charge in [-0.05, 0) is 24.5 Å². The Morgan fingerprint density at radius 3 is 2.47 bits per heavy atom. The summed E-state index contributed by atoms with van der Waals surface area (Å²) in [5.74, 6) is 0.561. The van der Waals surface area contributed by atoms with Gasteiger partial charge in [-0.15, -0.1) is 0 Å². The van der Waals surface area contributed by atoms with Crippen molar-refractivity contribution in [2.45, 2.75) is 26.4 Å². The van der Waals surface area contributed by atoms with Gasteiger partial charge in [0.1, 0.15) is 5.60 Å². The quantitative estimate of drug-likeness (QED) is 0.468. The molecule has 0 heterocycles. The highest BCUT2D eigenvalue weighted by Crippen LogP contribution is 2.32. The minimum Gasteiger partial charge on any atom is -0.379 e. The van der Waals surface area contributed by atoms with Gasteiger partial charge in [-0.25, -0.2) is 0 Å². The summed E-state index contributed by atoms with van der Waals surface area (Å²) >= 11 is 7.13. The monoisotopic (exact) mass is 392 g/mol. The molecule has 0 aliphatic heterocycles. The second-order valence-corrected chi connectivity index (χ2v) is 6.58. The van der Waals surface area contributed by atoms with Crippen LogP contribution >= 0.6 is 31.9 Å². The number of halogens is 2. The molecule has 1 aromatic rings. The van der Waals surface area contributed by atoms with Crippen LogP contribution in [-0.4, -0.2) is 25.2 Å². The average Bonchev–Trinajstić information content (AvgIpc) is 2.38. The zero-order valence-electron chi connectivity index (χ0n) is 11.8. The SMILES string of the molecule is CC(C)COCCOC(C)(CBr)c1ccccc1Br. The van der Waals surface area contributed by atoms with Crippen molar-refractivity contribution in [2.75, 3.05) is 25.2 Å². The Hall–Kier alpha value is 0.1000. The molecular weight excluding hydrogens is 372 g/mol. The van der Waals surface area contributed by atoms with Crippen molar-refractivity contribution in [1.29, 1.82) is 0 Å². The Bertz CT molecular complexity index is 382. The van der Waals surface area contributed by atoms with Gasteiger partial charge in [0.2, 0.25) is 0 Å². The molecule has 0 aliphatic rings. The number of benzene rings is 1. The Balaban J connectivity index is 2.54. The molecule has 108 valence electrons. The summed E-state index contributed by atoms with van der Waals surface area (Å²) in [7, 11) is 0. The molecule has 0 bridgehead atoms. The van der Waals surface area contributed by atoms with E-state index in [4.69, 9.17) is 9.47 Å². The predicted octanol–water partition coefficient (Wildman–Crippen LogP) is 4.75. The molecule has 0 saturated heterocycles. The maximum Gasteiger partial charge on any atom is 0.101 e. The van der Waals surface area contributed by atoms with Gasteiger partial charge >= 0.3 is 0 Å². The molecule has 0 aromatic heterocycles. The first-order chi connectivity index (χ1) is 8.99. The Morgan fingerprint density at radius 1 is 1.21 bits per heavy atom. The Labute approximate surface area is 133 Å². The lowest BCUT2D eigenvalue weighted by Crippen LogP contribution is -2.30. The van der Waals surface area contributed by atoms with Crippen molar-refractivity contribution in [3.8, 4) is 0 Å². The first-order valence-electron chi connectivity index (χ1n) is 6.52. The summed E-state index contributed by atoms with van der Waals surface area (Å²) in [6, 6.07) is 8.16. The molecule has 2 nitrogen and oxygen atoms in total. The van der Waals surface area contributed by atoms with E-state index < -0.39 is 0 Å². The van der Waals surface area contributed by atoms with E-state index in [2.05, 4.69) is 58.7 Å². The molecule has 0 amide bonds. The van der Waals surface area contributed by atoms with E-state index in [1.165, 1.54) is 0 Å². The van der Waals surface area contributed by atoms with Crippen LogP contribution in [0.15, 0.2) is 28.7 Å². The average molecular weight is 394 g/mol. The molecule has 0 saturated carbocycles. The molecule has 19 heavy (non-hydrogen) atoms. The highest BCUT2D eigenvalue weighted by Gasteiger charge is 2.28. The van der Waals surface area contributed by atoms with Crippen LogP contribution in [0.5, 0.6) is 0 Å². The zero-order valence-corrected chi connectivity index (χ0v) is 15.0. The number of hydrogen-bond donors (Lipinski definition) is 0. The van der Waals surface area contributed by atoms with Crippen molar-refractivity contribution >= 4 is 31.9 Å². The summed E-state index contributed by atoms with van der Waals surface area (Å²) in [5.41, 5.74) is 0.803. The van der Waals surface area contributed by atoms with Crippen LogP contribution in [0.1, 0.15) is 26.3 Å². The highest BCUT2D eigenvalue weighted by molar-refractivity contribution is 9.10. The molecule has 0 N–H and O–H groups in total. The standard InChI is InChI=1S/C15H22Br2O2/c1-12(2)10-18-8-9-19-15(3,11-16)13-6-4-5-7-14(13)17/h4-7,12H,8-11H2,1-3H3. The highest BCUT2D eigenvalue weighted by atomic mass is 79.9. The third-order valence-corrected chi connectivity index (χ3v) is 4.56. The fraction of sp³-hybridized carbons (Fsp3) is 0.600. The molecule has 1 unspecified atom stereocenters. The lowest BCUT2D eigenvalue weighted by atomic mass is 9.98. The third-order valence-electron chi connectivity index (χ3n) is 2.80. The van der Waals surface area contributed by atoms with Crippen LogP contribution in [0, 0.1) is 5.92 Å². The molecular formula is C15H22Br2O2. The van der Waals surface area contributed by atoms with Crippen molar-refractivity contribution in [3.05, 3.63) is 34.3 Å². The normalized spacial score (nSPS) is 14.6. The van der Waals surface area contributed by atoms with Gasteiger partial charge < -0.3 is 9.47 Å². The van der Waals surface area contributed by atoms with E-state index in [1.807, 2.05) is 18.2 Å². The number of ether oxygens (including phenoxy) is 2. The van der Waals surface area contributed by atoms with Gasteiger partial charge in [0.05, 0.1) is 13.2 Å². The van der Waals surface area contributed by atoms with Crippen LogP contribution in [0.25, 0.3) is 0 Å². The number of alkyl halides is 1. The largest absolute Gasteiger partial charge is 0.379 e. The fourth-order valence-electron chi connectivity index (χ4n) is 1.72.